The van der Waals surface area contributed by atoms with Crippen molar-refractivity contribution < 1.29 is 4.79 Å². The molecule has 1 aliphatic heterocycles. The summed E-state index contributed by atoms with van der Waals surface area (Å²) in [5.41, 5.74) is 8.18. The monoisotopic (exact) mass is 230 g/mol. The van der Waals surface area contributed by atoms with E-state index in [0.29, 0.717) is 0 Å². The lowest BCUT2D eigenvalue weighted by Gasteiger charge is -2.28. The molecule has 0 saturated heterocycles. The normalized spacial score (nSPS) is 21.6. The lowest BCUT2D eigenvalue weighted by atomic mass is 9.97. The molecule has 0 aromatic heterocycles. The van der Waals surface area contributed by atoms with Crippen molar-refractivity contribution in [2.24, 2.45) is 5.73 Å². The third kappa shape index (κ3) is 1.75. The molecular weight excluding hydrogens is 212 g/mol. The summed E-state index contributed by atoms with van der Waals surface area (Å²) in [5, 5.41) is 0. The molecule has 1 amide bonds. The smallest absolute Gasteiger partial charge is 0.243 e. The van der Waals surface area contributed by atoms with Crippen LogP contribution in [0, 0.1) is 0 Å². The molecule has 0 radical (unpaired) electrons. The van der Waals surface area contributed by atoms with Gasteiger partial charge < -0.3 is 10.6 Å². The number of amides is 1. The van der Waals surface area contributed by atoms with Gasteiger partial charge in [0, 0.05) is 13.1 Å². The minimum atomic E-state index is -0.581. The quantitative estimate of drug-likeness (QED) is 0.799. The number of nitrogens with two attached hydrogens (primary N) is 1. The van der Waals surface area contributed by atoms with Crippen molar-refractivity contribution in [2.75, 3.05) is 0 Å². The van der Waals surface area contributed by atoms with Gasteiger partial charge in [-0.05, 0) is 24.0 Å². The Morgan fingerprint density at radius 2 is 1.65 bits per heavy atom. The molecule has 1 aromatic carbocycles. The zero-order chi connectivity index (χ0) is 11.9. The molecule has 2 aliphatic rings. The van der Waals surface area contributed by atoms with Crippen LogP contribution in [0.25, 0.3) is 0 Å². The van der Waals surface area contributed by atoms with Crippen molar-refractivity contribution >= 4 is 5.91 Å². The van der Waals surface area contributed by atoms with Crippen molar-refractivity contribution in [3.8, 4) is 0 Å². The lowest BCUT2D eigenvalue weighted by Crippen LogP contribution is -2.52. The van der Waals surface area contributed by atoms with Gasteiger partial charge in [-0.2, -0.15) is 0 Å². The molecular formula is C14H18N2O. The van der Waals surface area contributed by atoms with Crippen molar-refractivity contribution in [3.05, 3.63) is 35.4 Å². The highest BCUT2D eigenvalue weighted by molar-refractivity contribution is 5.87. The second-order valence-corrected chi connectivity index (χ2v) is 5.29. The molecule has 1 aromatic rings. The predicted molar refractivity (Wildman–Crippen MR) is 66.1 cm³/mol. The van der Waals surface area contributed by atoms with Crippen LogP contribution < -0.4 is 5.73 Å². The summed E-state index contributed by atoms with van der Waals surface area (Å²) in [7, 11) is 0. The standard InChI is InChI=1S/C14H18N2O/c15-14(7-3-4-8-14)13(17)16-9-11-5-1-2-6-12(11)10-16/h1-2,5-6H,3-4,7-10,15H2. The minimum Gasteiger partial charge on any atom is -0.332 e. The van der Waals surface area contributed by atoms with E-state index in [0.717, 1.165) is 38.8 Å². The van der Waals surface area contributed by atoms with E-state index >= 15 is 0 Å². The Kier molecular flexibility index (Phi) is 2.44. The Labute approximate surface area is 102 Å². The second-order valence-electron chi connectivity index (χ2n) is 5.29. The average molecular weight is 230 g/mol. The van der Waals surface area contributed by atoms with E-state index in [4.69, 9.17) is 5.73 Å². The molecule has 1 fully saturated rings. The lowest BCUT2D eigenvalue weighted by molar-refractivity contribution is -0.137. The fourth-order valence-electron chi connectivity index (χ4n) is 3.01. The van der Waals surface area contributed by atoms with Crippen LogP contribution in [0.3, 0.4) is 0 Å². The summed E-state index contributed by atoms with van der Waals surface area (Å²) in [4.78, 5) is 14.4. The molecule has 1 heterocycles. The Hall–Kier alpha value is -1.35. The number of hydrogen-bond donors (Lipinski definition) is 1. The summed E-state index contributed by atoms with van der Waals surface area (Å²) >= 11 is 0. The Morgan fingerprint density at radius 1 is 1.12 bits per heavy atom. The maximum atomic E-state index is 12.4. The number of hydrogen-bond acceptors (Lipinski definition) is 2. The molecule has 3 nitrogen and oxygen atoms in total. The summed E-state index contributed by atoms with van der Waals surface area (Å²) in [6.45, 7) is 1.46. The van der Waals surface area contributed by atoms with Gasteiger partial charge in [0.1, 0.15) is 0 Å². The zero-order valence-corrected chi connectivity index (χ0v) is 9.98. The van der Waals surface area contributed by atoms with Gasteiger partial charge >= 0.3 is 0 Å². The summed E-state index contributed by atoms with van der Waals surface area (Å²) in [6.07, 6.45) is 3.86. The molecule has 3 rings (SSSR count). The van der Waals surface area contributed by atoms with Gasteiger partial charge in [-0.1, -0.05) is 37.1 Å². The first kappa shape index (κ1) is 10.8. The summed E-state index contributed by atoms with van der Waals surface area (Å²) in [6, 6.07) is 8.25. The van der Waals surface area contributed by atoms with Crippen LogP contribution in [0.15, 0.2) is 24.3 Å². The summed E-state index contributed by atoms with van der Waals surface area (Å²) < 4.78 is 0. The van der Waals surface area contributed by atoms with Crippen LogP contribution in [0.2, 0.25) is 0 Å². The Morgan fingerprint density at radius 3 is 2.18 bits per heavy atom. The Bertz CT molecular complexity index is 424. The zero-order valence-electron chi connectivity index (χ0n) is 9.98. The number of rotatable bonds is 1. The van der Waals surface area contributed by atoms with Crippen LogP contribution in [0.4, 0.5) is 0 Å². The first-order chi connectivity index (χ1) is 8.19. The maximum absolute atomic E-state index is 12.4. The molecule has 17 heavy (non-hydrogen) atoms. The van der Waals surface area contributed by atoms with Gasteiger partial charge in [-0.15, -0.1) is 0 Å². The van der Waals surface area contributed by atoms with Crippen LogP contribution in [-0.2, 0) is 17.9 Å². The van der Waals surface area contributed by atoms with Crippen molar-refractivity contribution in [3.63, 3.8) is 0 Å². The first-order valence-electron chi connectivity index (χ1n) is 6.34. The molecule has 0 bridgehead atoms. The van der Waals surface area contributed by atoms with Crippen LogP contribution in [0.5, 0.6) is 0 Å². The fraction of sp³-hybridized carbons (Fsp3) is 0.500. The summed E-state index contributed by atoms with van der Waals surface area (Å²) in [5.74, 6) is 0.145. The number of carbonyl (C=O) groups excluding carboxylic acids is 1. The third-order valence-corrected chi connectivity index (χ3v) is 4.05. The van der Waals surface area contributed by atoms with Gasteiger partial charge in [0.05, 0.1) is 5.54 Å². The number of carbonyl (C=O) groups is 1. The van der Waals surface area contributed by atoms with Gasteiger partial charge in [0.2, 0.25) is 5.91 Å². The largest absolute Gasteiger partial charge is 0.332 e. The van der Waals surface area contributed by atoms with Gasteiger partial charge in [0.25, 0.3) is 0 Å². The van der Waals surface area contributed by atoms with E-state index in [1.54, 1.807) is 0 Å². The Balaban J connectivity index is 1.78. The first-order valence-corrected chi connectivity index (χ1v) is 6.34. The molecule has 2 N–H and O–H groups in total. The molecule has 3 heteroatoms. The third-order valence-electron chi connectivity index (χ3n) is 4.05. The molecule has 0 spiro atoms. The van der Waals surface area contributed by atoms with E-state index in [9.17, 15) is 4.79 Å². The highest BCUT2D eigenvalue weighted by Crippen LogP contribution is 2.32. The predicted octanol–water partition coefficient (Wildman–Crippen LogP) is 1.80. The minimum absolute atomic E-state index is 0.145. The van der Waals surface area contributed by atoms with E-state index in [2.05, 4.69) is 12.1 Å². The van der Waals surface area contributed by atoms with Crippen LogP contribution in [-0.4, -0.2) is 16.3 Å². The van der Waals surface area contributed by atoms with E-state index in [-0.39, 0.29) is 5.91 Å². The topological polar surface area (TPSA) is 46.3 Å². The van der Waals surface area contributed by atoms with E-state index in [1.165, 1.54) is 11.1 Å². The van der Waals surface area contributed by atoms with Crippen LogP contribution >= 0.6 is 0 Å². The SMILES string of the molecule is NC1(C(=O)N2Cc3ccccc3C2)CCCC1. The van der Waals surface area contributed by atoms with Crippen molar-refractivity contribution in [1.29, 1.82) is 0 Å². The maximum Gasteiger partial charge on any atom is 0.243 e. The number of nitrogens with zero attached hydrogens (tertiary/aromatic N) is 1. The van der Waals surface area contributed by atoms with Crippen LogP contribution in [0.1, 0.15) is 36.8 Å². The van der Waals surface area contributed by atoms with Gasteiger partial charge in [-0.25, -0.2) is 0 Å². The van der Waals surface area contributed by atoms with Gasteiger partial charge in [-0.3, -0.25) is 4.79 Å². The van der Waals surface area contributed by atoms with Crippen molar-refractivity contribution in [1.82, 2.24) is 4.90 Å². The average Bonchev–Trinajstić information content (AvgIpc) is 2.94. The van der Waals surface area contributed by atoms with E-state index in [1.807, 2.05) is 17.0 Å². The number of benzene rings is 1. The van der Waals surface area contributed by atoms with Gasteiger partial charge in [0.15, 0.2) is 0 Å². The molecule has 0 unspecified atom stereocenters. The molecule has 90 valence electrons. The van der Waals surface area contributed by atoms with E-state index < -0.39 is 5.54 Å². The highest BCUT2D eigenvalue weighted by atomic mass is 16.2. The molecule has 1 saturated carbocycles. The molecule has 0 atom stereocenters. The molecule has 1 aliphatic carbocycles. The van der Waals surface area contributed by atoms with Crippen molar-refractivity contribution in [2.45, 2.75) is 44.3 Å². The second kappa shape index (κ2) is 3.84. The highest BCUT2D eigenvalue weighted by Gasteiger charge is 2.41. The number of fused-ring (bicyclic) bond motifs is 1. The fourth-order valence-corrected chi connectivity index (χ4v) is 3.01.